The van der Waals surface area contributed by atoms with Crippen molar-refractivity contribution in [3.05, 3.63) is 0 Å². The topological polar surface area (TPSA) is 105 Å². The number of esters is 4. The summed E-state index contributed by atoms with van der Waals surface area (Å²) in [6.45, 7) is 23.0. The Balaban J connectivity index is 4.67. The van der Waals surface area contributed by atoms with Gasteiger partial charge in [-0.2, -0.15) is 0 Å². The zero-order valence-electron chi connectivity index (χ0n) is 26.0. The lowest BCUT2D eigenvalue weighted by Gasteiger charge is -2.36. The van der Waals surface area contributed by atoms with E-state index in [9.17, 15) is 19.2 Å². The van der Waals surface area contributed by atoms with Crippen molar-refractivity contribution in [2.24, 2.45) is 34.5 Å². The molecule has 0 fully saturated rings. The van der Waals surface area contributed by atoms with Gasteiger partial charge in [-0.05, 0) is 24.7 Å². The average Bonchev–Trinajstić information content (AvgIpc) is 2.79. The molecule has 0 aliphatic rings. The first-order valence-corrected chi connectivity index (χ1v) is 14.0. The monoisotopic (exact) mass is 542 g/mol. The van der Waals surface area contributed by atoms with Crippen molar-refractivity contribution in [1.29, 1.82) is 0 Å². The van der Waals surface area contributed by atoms with E-state index < -0.39 is 16.9 Å². The lowest BCUT2D eigenvalue weighted by atomic mass is 9.81. The summed E-state index contributed by atoms with van der Waals surface area (Å²) in [5.41, 5.74) is -1.08. The molecule has 38 heavy (non-hydrogen) atoms. The molecule has 222 valence electrons. The maximum atomic E-state index is 12.5. The molecule has 8 nitrogen and oxygen atoms in total. The van der Waals surface area contributed by atoms with Crippen molar-refractivity contribution in [1.82, 2.24) is 0 Å². The van der Waals surface area contributed by atoms with Gasteiger partial charge < -0.3 is 18.9 Å². The fraction of sp³-hybridized carbons (Fsp3) is 0.867. The van der Waals surface area contributed by atoms with Crippen LogP contribution in [0.25, 0.3) is 0 Å². The second-order valence-corrected chi connectivity index (χ2v) is 13.0. The molecule has 0 aliphatic heterocycles. The summed E-state index contributed by atoms with van der Waals surface area (Å²) in [5.74, 6) is -1.58. The van der Waals surface area contributed by atoms with Gasteiger partial charge in [-0.15, -0.1) is 0 Å². The van der Waals surface area contributed by atoms with E-state index in [1.165, 1.54) is 0 Å². The van der Waals surface area contributed by atoms with Gasteiger partial charge in [-0.25, -0.2) is 0 Å². The molecule has 0 aromatic heterocycles. The molecule has 2 atom stereocenters. The van der Waals surface area contributed by atoms with Crippen LogP contribution in [0.1, 0.15) is 109 Å². The molecule has 0 amide bonds. The van der Waals surface area contributed by atoms with Gasteiger partial charge in [-0.3, -0.25) is 19.2 Å². The van der Waals surface area contributed by atoms with E-state index in [1.807, 2.05) is 55.4 Å². The first kappa shape index (κ1) is 35.9. The summed E-state index contributed by atoms with van der Waals surface area (Å²) >= 11 is 0. The number of unbranched alkanes of at least 4 members (excludes halogenated alkanes) is 1. The normalized spacial score (nSPS) is 14.0. The zero-order chi connectivity index (χ0) is 29.8. The molecule has 2 unspecified atom stereocenters. The third-order valence-electron chi connectivity index (χ3n) is 6.40. The summed E-state index contributed by atoms with van der Waals surface area (Å²) in [6, 6.07) is 0. The highest BCUT2D eigenvalue weighted by atomic mass is 16.6. The molecule has 0 saturated carbocycles. The molecule has 0 aromatic rings. The van der Waals surface area contributed by atoms with Crippen LogP contribution in [0.3, 0.4) is 0 Å². The van der Waals surface area contributed by atoms with Crippen LogP contribution in [-0.2, 0) is 38.1 Å². The first-order valence-electron chi connectivity index (χ1n) is 14.0. The summed E-state index contributed by atoms with van der Waals surface area (Å²) in [5, 5.41) is 0. The van der Waals surface area contributed by atoms with Crippen molar-refractivity contribution in [3.8, 4) is 0 Å². The van der Waals surface area contributed by atoms with Gasteiger partial charge in [0.25, 0.3) is 0 Å². The van der Waals surface area contributed by atoms with E-state index in [2.05, 4.69) is 0 Å². The largest absolute Gasteiger partial charge is 0.465 e. The Kier molecular flexibility index (Phi) is 15.2. The maximum absolute atomic E-state index is 12.5. The zero-order valence-corrected chi connectivity index (χ0v) is 26.0. The van der Waals surface area contributed by atoms with Gasteiger partial charge in [-0.1, -0.05) is 83.1 Å². The standard InChI is InChI=1S/C30H54O8/c1-19(2)25(30(11,12)18-36-27(33)21(5)6)37-24(32)16-14-13-15-23(31)35-17-29(9,10)26(20(3)4)38-28(34)22(7)8/h19-22,25-26H,13-18H2,1-12H3. The summed E-state index contributed by atoms with van der Waals surface area (Å²) in [6.07, 6.45) is 0.557. The van der Waals surface area contributed by atoms with E-state index in [4.69, 9.17) is 18.9 Å². The number of hydrogen-bond acceptors (Lipinski definition) is 8. The molecule has 0 rings (SSSR count). The Hall–Kier alpha value is -2.12. The van der Waals surface area contributed by atoms with Crippen molar-refractivity contribution >= 4 is 23.9 Å². The minimum absolute atomic E-state index is 0.0412. The molecule has 0 aliphatic carbocycles. The van der Waals surface area contributed by atoms with Gasteiger partial charge in [0.05, 0.1) is 25.0 Å². The van der Waals surface area contributed by atoms with Crippen LogP contribution in [-0.4, -0.2) is 49.3 Å². The molecule has 0 N–H and O–H groups in total. The number of ether oxygens (including phenoxy) is 4. The van der Waals surface area contributed by atoms with Gasteiger partial charge in [0.1, 0.15) is 12.2 Å². The SMILES string of the molecule is CC(C)C(=O)OCC(C)(C)C(OC(=O)CCCCC(=O)OCC(C)(C)C(OC(=O)C(C)C)C(C)C)C(C)C. The van der Waals surface area contributed by atoms with Crippen molar-refractivity contribution < 1.29 is 38.1 Å². The van der Waals surface area contributed by atoms with Crippen molar-refractivity contribution in [3.63, 3.8) is 0 Å². The van der Waals surface area contributed by atoms with Crippen LogP contribution in [0.15, 0.2) is 0 Å². The molecule has 8 heteroatoms. The molecule has 0 radical (unpaired) electrons. The Labute approximate surface area is 230 Å². The number of rotatable bonds is 17. The smallest absolute Gasteiger partial charge is 0.308 e. The molecule has 0 aromatic carbocycles. The Morgan fingerprint density at radius 2 is 0.947 bits per heavy atom. The van der Waals surface area contributed by atoms with Crippen molar-refractivity contribution in [2.45, 2.75) is 121 Å². The highest BCUT2D eigenvalue weighted by molar-refractivity contribution is 5.72. The third kappa shape index (κ3) is 13.1. The highest BCUT2D eigenvalue weighted by Gasteiger charge is 2.38. The molecule has 0 bridgehead atoms. The quantitative estimate of drug-likeness (QED) is 0.123. The van der Waals surface area contributed by atoms with E-state index in [-0.39, 0.29) is 79.7 Å². The third-order valence-corrected chi connectivity index (χ3v) is 6.40. The fourth-order valence-electron chi connectivity index (χ4n) is 4.32. The van der Waals surface area contributed by atoms with Crippen LogP contribution in [0, 0.1) is 34.5 Å². The molecule has 0 spiro atoms. The second-order valence-electron chi connectivity index (χ2n) is 13.0. The lowest BCUT2D eigenvalue weighted by molar-refractivity contribution is -0.169. The van der Waals surface area contributed by atoms with Crippen LogP contribution in [0.4, 0.5) is 0 Å². The molecular weight excluding hydrogens is 488 g/mol. The van der Waals surface area contributed by atoms with E-state index >= 15 is 0 Å². The Morgan fingerprint density at radius 1 is 0.553 bits per heavy atom. The summed E-state index contributed by atoms with van der Waals surface area (Å²) in [7, 11) is 0. The second kappa shape index (κ2) is 16.1. The summed E-state index contributed by atoms with van der Waals surface area (Å²) in [4.78, 5) is 48.9. The minimum atomic E-state index is -0.541. The van der Waals surface area contributed by atoms with Crippen LogP contribution in [0.2, 0.25) is 0 Å². The van der Waals surface area contributed by atoms with E-state index in [0.29, 0.717) is 12.8 Å². The number of hydrogen-bond donors (Lipinski definition) is 0. The Bertz CT molecular complexity index is 764. The lowest BCUT2D eigenvalue weighted by Crippen LogP contribution is -2.42. The molecule has 0 saturated heterocycles. The van der Waals surface area contributed by atoms with Gasteiger partial charge in [0.15, 0.2) is 0 Å². The summed E-state index contributed by atoms with van der Waals surface area (Å²) < 4.78 is 22.4. The number of carbonyl (C=O) groups is 4. The predicted molar refractivity (Wildman–Crippen MR) is 147 cm³/mol. The highest BCUT2D eigenvalue weighted by Crippen LogP contribution is 2.31. The fourth-order valence-corrected chi connectivity index (χ4v) is 4.32. The Morgan fingerprint density at radius 3 is 1.37 bits per heavy atom. The first-order chi connectivity index (χ1) is 17.3. The maximum Gasteiger partial charge on any atom is 0.308 e. The van der Waals surface area contributed by atoms with Crippen LogP contribution in [0.5, 0.6) is 0 Å². The molecular formula is C30H54O8. The van der Waals surface area contributed by atoms with Gasteiger partial charge >= 0.3 is 23.9 Å². The van der Waals surface area contributed by atoms with Crippen LogP contribution >= 0.6 is 0 Å². The number of carbonyl (C=O) groups excluding carboxylic acids is 4. The predicted octanol–water partition coefficient (Wildman–Crippen LogP) is 6.13. The average molecular weight is 543 g/mol. The van der Waals surface area contributed by atoms with E-state index in [0.717, 1.165) is 0 Å². The minimum Gasteiger partial charge on any atom is -0.465 e. The van der Waals surface area contributed by atoms with E-state index in [1.54, 1.807) is 27.7 Å². The van der Waals surface area contributed by atoms with Gasteiger partial charge in [0.2, 0.25) is 0 Å². The van der Waals surface area contributed by atoms with Crippen LogP contribution < -0.4 is 0 Å². The van der Waals surface area contributed by atoms with Crippen molar-refractivity contribution in [2.75, 3.05) is 13.2 Å². The molecule has 0 heterocycles. The van der Waals surface area contributed by atoms with Gasteiger partial charge in [0, 0.05) is 23.7 Å².